The minimum absolute atomic E-state index is 0.103. The van der Waals surface area contributed by atoms with Gasteiger partial charge in [-0.2, -0.15) is 0 Å². The van der Waals surface area contributed by atoms with Gasteiger partial charge in [-0.3, -0.25) is 14.4 Å². The van der Waals surface area contributed by atoms with Crippen LogP contribution < -0.4 is 10.4 Å². The molecule has 0 bridgehead atoms. The van der Waals surface area contributed by atoms with Gasteiger partial charge in [0, 0.05) is 54.5 Å². The topological polar surface area (TPSA) is 269 Å². The fourth-order valence-corrected chi connectivity index (χ4v) is 13.1. The summed E-state index contributed by atoms with van der Waals surface area (Å²) in [4.78, 5) is 84.8. The summed E-state index contributed by atoms with van der Waals surface area (Å²) in [5, 5.41) is 39.5. The number of ketones is 1. The molecule has 90 heavy (non-hydrogen) atoms. The van der Waals surface area contributed by atoms with E-state index in [1.165, 1.54) is 34.3 Å². The lowest BCUT2D eigenvalue weighted by atomic mass is 10.2. The monoisotopic (exact) mass is 1260 g/mol. The van der Waals surface area contributed by atoms with Crippen molar-refractivity contribution in [1.29, 1.82) is 0 Å². The summed E-state index contributed by atoms with van der Waals surface area (Å²) in [7, 11) is 3.36. The molecule has 0 saturated carbocycles. The molecular weight excluding hydrogens is 1170 g/mol. The number of carboxylic acid groups (broad SMARTS) is 1. The van der Waals surface area contributed by atoms with E-state index in [1.807, 2.05) is 133 Å². The maximum atomic E-state index is 12.4. The molecule has 0 saturated heterocycles. The number of carboxylic acids is 1. The first kappa shape index (κ1) is 75.3. The number of carbonyl (C=O) groups excluding carboxylic acids is 6. The van der Waals surface area contributed by atoms with Crippen LogP contribution in [0.3, 0.4) is 0 Å². The largest absolute Gasteiger partial charge is 0.480 e. The third-order valence-electron chi connectivity index (χ3n) is 13.1. The van der Waals surface area contributed by atoms with Crippen LogP contribution >= 0.6 is 0 Å². The molecule has 4 amide bonds. The Labute approximate surface area is 529 Å². The number of benzene rings is 6. The lowest BCUT2D eigenvalue weighted by Crippen LogP contribution is -2.66. The minimum atomic E-state index is -2.64. The van der Waals surface area contributed by atoms with Crippen molar-refractivity contribution in [3.63, 3.8) is 0 Å². The highest BCUT2D eigenvalue weighted by atomic mass is 28.4. The van der Waals surface area contributed by atoms with Crippen LogP contribution in [0.15, 0.2) is 182 Å². The summed E-state index contributed by atoms with van der Waals surface area (Å²) < 4.78 is 31.9. The number of hydrogen-bond acceptors (Lipinski definition) is 16. The van der Waals surface area contributed by atoms with Crippen molar-refractivity contribution in [3.05, 3.63) is 204 Å². The highest BCUT2D eigenvalue weighted by molar-refractivity contribution is 6.99. The second kappa shape index (κ2) is 41.3. The van der Waals surface area contributed by atoms with Crippen LogP contribution in [0.2, 0.25) is 5.04 Å². The number of esters is 1. The second-order valence-electron chi connectivity index (χ2n) is 21.7. The van der Waals surface area contributed by atoms with Crippen LogP contribution in [0.5, 0.6) is 0 Å². The zero-order chi connectivity index (χ0) is 66.3. The van der Waals surface area contributed by atoms with Crippen LogP contribution in [-0.4, -0.2) is 177 Å². The van der Waals surface area contributed by atoms with Crippen molar-refractivity contribution in [1.82, 2.24) is 19.6 Å². The summed E-state index contributed by atoms with van der Waals surface area (Å²) >= 11 is 0. The van der Waals surface area contributed by atoms with Gasteiger partial charge in [-0.1, -0.05) is 203 Å². The molecule has 0 heterocycles. The van der Waals surface area contributed by atoms with Gasteiger partial charge >= 0.3 is 36.3 Å². The fourth-order valence-electron chi connectivity index (χ4n) is 8.57. The van der Waals surface area contributed by atoms with E-state index in [0.717, 1.165) is 32.1 Å². The van der Waals surface area contributed by atoms with E-state index in [4.69, 9.17) is 33.6 Å². The number of aliphatic carboxylic acids is 1. The van der Waals surface area contributed by atoms with Gasteiger partial charge in [0.1, 0.15) is 39.4 Å². The van der Waals surface area contributed by atoms with Crippen molar-refractivity contribution in [2.75, 3.05) is 74.2 Å². The quantitative estimate of drug-likeness (QED) is 0.0162. The molecule has 0 aromatic heterocycles. The van der Waals surface area contributed by atoms with Gasteiger partial charge in [0.25, 0.3) is 8.32 Å². The normalized spacial score (nSPS) is 11.3. The Bertz CT molecular complexity index is 2980. The van der Waals surface area contributed by atoms with E-state index in [9.17, 15) is 43.8 Å². The van der Waals surface area contributed by atoms with Crippen molar-refractivity contribution < 1.29 is 82.1 Å². The highest BCUT2D eigenvalue weighted by Gasteiger charge is 2.50. The minimum Gasteiger partial charge on any atom is -0.480 e. The highest BCUT2D eigenvalue weighted by Crippen LogP contribution is 2.37. The number of ether oxygens (including phenoxy) is 5. The summed E-state index contributed by atoms with van der Waals surface area (Å²) in [6, 6.07) is 58.2. The van der Waals surface area contributed by atoms with Gasteiger partial charge in [-0.25, -0.2) is 19.2 Å². The number of rotatable bonds is 27. The first-order valence-electron chi connectivity index (χ1n) is 29.3. The lowest BCUT2D eigenvalue weighted by molar-refractivity contribution is -0.145. The lowest BCUT2D eigenvalue weighted by Gasteiger charge is -2.43. The molecule has 0 aliphatic carbocycles. The predicted octanol–water partition coefficient (Wildman–Crippen LogP) is 8.70. The second-order valence-corrected chi connectivity index (χ2v) is 26.0. The Kier molecular flexibility index (Phi) is 34.6. The summed E-state index contributed by atoms with van der Waals surface area (Å²) in [5.74, 6) is -2.06. The van der Waals surface area contributed by atoms with E-state index in [2.05, 4.69) is 74.0 Å². The van der Waals surface area contributed by atoms with Gasteiger partial charge in [-0.15, -0.1) is 0 Å². The predicted molar refractivity (Wildman–Crippen MR) is 343 cm³/mol. The third kappa shape index (κ3) is 28.9. The van der Waals surface area contributed by atoms with E-state index >= 15 is 0 Å². The van der Waals surface area contributed by atoms with Gasteiger partial charge in [0.05, 0.1) is 25.4 Å². The molecule has 0 aliphatic heterocycles. The first-order valence-corrected chi connectivity index (χ1v) is 31.2. The van der Waals surface area contributed by atoms with Crippen LogP contribution in [-0.2, 0) is 68.9 Å². The molecular formula is C68H88N4O17Si. The molecule has 6 aromatic carbocycles. The van der Waals surface area contributed by atoms with Gasteiger partial charge in [0.2, 0.25) is 0 Å². The molecule has 0 spiro atoms. The zero-order valence-electron chi connectivity index (χ0n) is 52.8. The van der Waals surface area contributed by atoms with Crippen LogP contribution in [0.1, 0.15) is 69.2 Å². The number of aliphatic hydroxyl groups excluding tert-OH is 3. The maximum absolute atomic E-state index is 12.4. The zero-order valence-corrected chi connectivity index (χ0v) is 53.8. The maximum Gasteiger partial charge on any atom is 0.410 e. The smallest absolute Gasteiger partial charge is 0.410 e. The Morgan fingerprint density at radius 2 is 0.767 bits per heavy atom. The Hall–Kier alpha value is -8.93. The van der Waals surface area contributed by atoms with Gasteiger partial charge in [0.15, 0.2) is 5.78 Å². The Morgan fingerprint density at radius 1 is 0.456 bits per heavy atom. The summed E-state index contributed by atoms with van der Waals surface area (Å²) in [6.45, 7) is 9.32. The van der Waals surface area contributed by atoms with Crippen LogP contribution in [0, 0.1) is 0 Å². The first-order chi connectivity index (χ1) is 43.0. The number of carbonyl (C=O) groups is 7. The molecule has 21 nitrogen and oxygen atoms in total. The molecule has 2 atom stereocenters. The van der Waals surface area contributed by atoms with Crippen LogP contribution in [0.25, 0.3) is 0 Å². The molecule has 0 fully saturated rings. The van der Waals surface area contributed by atoms with E-state index in [-0.39, 0.29) is 83.7 Å². The van der Waals surface area contributed by atoms with Crippen LogP contribution in [0.4, 0.5) is 19.2 Å². The van der Waals surface area contributed by atoms with Crippen molar-refractivity contribution in [3.8, 4) is 0 Å². The number of amides is 4. The Balaban J connectivity index is 0.000000332. The Morgan fingerprint density at radius 3 is 1.08 bits per heavy atom. The van der Waals surface area contributed by atoms with Crippen molar-refractivity contribution in [2.45, 2.75) is 90.6 Å². The average Bonchev–Trinajstić information content (AvgIpc) is 0.773. The molecule has 0 aliphatic rings. The molecule has 22 heteroatoms. The van der Waals surface area contributed by atoms with E-state index < -0.39 is 62.6 Å². The average molecular weight is 1260 g/mol. The molecule has 2 unspecified atom stereocenters. The SMILES string of the molecule is CCOC(=O)CC(=O)CN(C)C(=O)OCc1ccccc1.CN(CC(=O)O)C(=O)OCc1ccccc1.CN(CC(O)CCO)C(=O)OCc1ccccc1.CN(CC(O)CCO[Si](c1ccccc1)(c1ccccc1)C(C)(C)C)C(=O)OCc1ccccc1. The van der Waals surface area contributed by atoms with E-state index in [0.29, 0.717) is 13.0 Å². The number of likely N-dealkylation sites (N-methyl/N-ethyl adjacent to an activating group) is 4. The number of aliphatic hydroxyl groups is 3. The van der Waals surface area contributed by atoms with Gasteiger partial charge in [-0.05, 0) is 57.4 Å². The summed E-state index contributed by atoms with van der Waals surface area (Å²) in [5.41, 5.74) is 3.56. The number of nitrogens with zero attached hydrogens (tertiary/aromatic N) is 4. The molecule has 6 aromatic rings. The fraction of sp³-hybridized carbons (Fsp3) is 0.368. The third-order valence-corrected chi connectivity index (χ3v) is 18.2. The summed E-state index contributed by atoms with van der Waals surface area (Å²) in [6.07, 6.45) is -3.34. The number of Topliss-reactive ketones (excluding diaryl/α,β-unsaturated/α-hetero) is 1. The molecule has 6 rings (SSSR count). The molecule has 486 valence electrons. The number of hydrogen-bond donors (Lipinski definition) is 4. The van der Waals surface area contributed by atoms with Crippen molar-refractivity contribution in [2.24, 2.45) is 0 Å². The van der Waals surface area contributed by atoms with Crippen molar-refractivity contribution >= 4 is 60.8 Å². The molecule has 0 radical (unpaired) electrons. The van der Waals surface area contributed by atoms with Gasteiger partial charge < -0.3 is 68.1 Å². The standard InChI is InChI=1S/C29H37NO4Si.C15H19NO5.C13H19NO4.C11H13NO4/c1-29(2,3)35(26-16-10-6-11-17-26,27-18-12-7-13-19-27)34-21-20-25(31)22-30(4)28(32)33-23-24-14-8-5-9-15-24;1-3-20-14(18)9-13(17)10-16(2)15(19)21-11-12-7-5-4-6-8-12;1-14(9-12(16)7-8-15)13(17)18-10-11-5-3-2-4-6-11;1-12(7-10(13)14)11(15)16-8-9-5-3-2-4-6-9/h5-19,25,31H,20-23H2,1-4H3;4-8H,3,9-11H2,1-2H3;2-6,12,15-16H,7-10H2,1H3;2-6H,7-8H2,1H3,(H,13,14). The molecule has 4 N–H and O–H groups in total. The van der Waals surface area contributed by atoms with E-state index in [1.54, 1.807) is 21.0 Å².